The quantitative estimate of drug-likeness (QED) is 0.187. The van der Waals surface area contributed by atoms with Crippen LogP contribution in [-0.2, 0) is 17.8 Å². The van der Waals surface area contributed by atoms with Gasteiger partial charge in [0.15, 0.2) is 11.5 Å². The zero-order valence-electron chi connectivity index (χ0n) is 21.6. The highest BCUT2D eigenvalue weighted by molar-refractivity contribution is 5.94. The molecule has 8 heteroatoms. The van der Waals surface area contributed by atoms with E-state index in [2.05, 4.69) is 22.4 Å². The maximum absolute atomic E-state index is 13.7. The molecule has 3 aromatic rings. The summed E-state index contributed by atoms with van der Waals surface area (Å²) in [5.74, 6) is -0.388. The van der Waals surface area contributed by atoms with E-state index < -0.39 is 17.6 Å². The van der Waals surface area contributed by atoms with Crippen molar-refractivity contribution in [1.29, 1.82) is 0 Å². The van der Waals surface area contributed by atoms with Crippen molar-refractivity contribution in [2.45, 2.75) is 33.3 Å². The Hall–Kier alpha value is -4.46. The van der Waals surface area contributed by atoms with E-state index in [1.54, 1.807) is 18.2 Å². The molecule has 2 N–H and O–H groups in total. The number of hydrogen-bond acceptors (Lipinski definition) is 5. The van der Waals surface area contributed by atoms with Gasteiger partial charge in [-0.3, -0.25) is 9.59 Å². The summed E-state index contributed by atoms with van der Waals surface area (Å²) in [6.45, 7) is 8.65. The van der Waals surface area contributed by atoms with Crippen LogP contribution in [0.25, 0.3) is 0 Å². The van der Waals surface area contributed by atoms with E-state index in [0.29, 0.717) is 36.7 Å². The molecule has 0 atom stereocenters. The van der Waals surface area contributed by atoms with Gasteiger partial charge in [0.1, 0.15) is 12.4 Å². The number of rotatable bonds is 13. The van der Waals surface area contributed by atoms with Crippen LogP contribution in [0.15, 0.2) is 78.4 Å². The van der Waals surface area contributed by atoms with Crippen molar-refractivity contribution in [2.24, 2.45) is 5.10 Å². The molecule has 38 heavy (non-hydrogen) atoms. The minimum absolute atomic E-state index is 0.0186. The highest BCUT2D eigenvalue weighted by atomic mass is 19.1. The van der Waals surface area contributed by atoms with Crippen molar-refractivity contribution in [2.75, 3.05) is 13.2 Å². The summed E-state index contributed by atoms with van der Waals surface area (Å²) in [6, 6.07) is 17.5. The highest BCUT2D eigenvalue weighted by Gasteiger charge is 2.14. The Morgan fingerprint density at radius 2 is 1.84 bits per heavy atom. The van der Waals surface area contributed by atoms with Gasteiger partial charge in [0.05, 0.1) is 18.4 Å². The van der Waals surface area contributed by atoms with Gasteiger partial charge >= 0.3 is 0 Å². The Balaban J connectivity index is 1.61. The van der Waals surface area contributed by atoms with E-state index in [1.165, 1.54) is 30.0 Å². The minimum atomic E-state index is -0.618. The Morgan fingerprint density at radius 3 is 2.55 bits per heavy atom. The second-order valence-electron chi connectivity index (χ2n) is 8.49. The Labute approximate surface area is 222 Å². The Morgan fingerprint density at radius 1 is 1.08 bits per heavy atom. The topological polar surface area (TPSA) is 89.0 Å². The first-order valence-corrected chi connectivity index (χ1v) is 12.3. The molecule has 3 aromatic carbocycles. The third kappa shape index (κ3) is 8.30. The number of benzene rings is 3. The number of aryl methyl sites for hydroxylation is 1. The zero-order chi connectivity index (χ0) is 27.3. The van der Waals surface area contributed by atoms with Crippen molar-refractivity contribution in [3.8, 4) is 11.5 Å². The molecule has 0 aromatic heterocycles. The lowest BCUT2D eigenvalue weighted by molar-refractivity contribution is -0.120. The summed E-state index contributed by atoms with van der Waals surface area (Å²) in [4.78, 5) is 24.2. The molecule has 0 radical (unpaired) electrons. The van der Waals surface area contributed by atoms with Crippen molar-refractivity contribution in [1.82, 2.24) is 10.7 Å². The third-order valence-corrected chi connectivity index (χ3v) is 5.48. The summed E-state index contributed by atoms with van der Waals surface area (Å²) in [5, 5.41) is 6.55. The summed E-state index contributed by atoms with van der Waals surface area (Å²) in [5.41, 5.74) is 6.17. The van der Waals surface area contributed by atoms with Gasteiger partial charge in [-0.05, 0) is 55.7 Å². The molecule has 0 bridgehead atoms. The second-order valence-corrected chi connectivity index (χ2v) is 8.49. The van der Waals surface area contributed by atoms with Gasteiger partial charge in [-0.15, -0.1) is 6.58 Å². The van der Waals surface area contributed by atoms with E-state index >= 15 is 0 Å². The van der Waals surface area contributed by atoms with Gasteiger partial charge in [-0.25, -0.2) is 9.82 Å². The predicted molar refractivity (Wildman–Crippen MR) is 146 cm³/mol. The average molecular weight is 518 g/mol. The van der Waals surface area contributed by atoms with Gasteiger partial charge < -0.3 is 14.8 Å². The van der Waals surface area contributed by atoms with Crippen LogP contribution in [0, 0.1) is 12.7 Å². The molecule has 3 rings (SSSR count). The van der Waals surface area contributed by atoms with E-state index in [-0.39, 0.29) is 18.5 Å². The zero-order valence-corrected chi connectivity index (χ0v) is 21.6. The van der Waals surface area contributed by atoms with E-state index in [1.807, 2.05) is 44.2 Å². The van der Waals surface area contributed by atoms with Gasteiger partial charge in [-0.1, -0.05) is 48.0 Å². The first-order valence-electron chi connectivity index (χ1n) is 12.3. The average Bonchev–Trinajstić information content (AvgIpc) is 2.90. The van der Waals surface area contributed by atoms with Gasteiger partial charge in [0, 0.05) is 18.5 Å². The highest BCUT2D eigenvalue weighted by Crippen LogP contribution is 2.34. The molecule has 198 valence electrons. The fourth-order valence-corrected chi connectivity index (χ4v) is 3.60. The van der Waals surface area contributed by atoms with E-state index in [9.17, 15) is 14.0 Å². The lowest BCUT2D eigenvalue weighted by Crippen LogP contribution is -2.29. The molecule has 0 aliphatic rings. The number of allylic oxidation sites excluding steroid dienone is 1. The molecule has 0 aliphatic heterocycles. The standard InChI is InChI=1S/C30H32FN3O4/c1-4-8-24-17-23(18-27(37-5-2)29(24)38-20-22-13-11-21(3)12-14-22)19-33-34-28(35)15-16-32-30(36)25-9-6-7-10-26(25)31/h4,6-7,9-14,17-19H,1,5,8,15-16,20H2,2-3H3,(H,32,36)(H,34,35). The van der Waals surface area contributed by atoms with Crippen LogP contribution in [0.5, 0.6) is 11.5 Å². The monoisotopic (exact) mass is 517 g/mol. The first-order chi connectivity index (χ1) is 18.4. The van der Waals surface area contributed by atoms with Crippen LogP contribution >= 0.6 is 0 Å². The van der Waals surface area contributed by atoms with Gasteiger partial charge in [0.2, 0.25) is 5.91 Å². The molecule has 0 saturated carbocycles. The van der Waals surface area contributed by atoms with Crippen LogP contribution in [-0.4, -0.2) is 31.2 Å². The summed E-state index contributed by atoms with van der Waals surface area (Å²) < 4.78 is 25.7. The molecular weight excluding hydrogens is 485 g/mol. The minimum Gasteiger partial charge on any atom is -0.490 e. The number of amides is 2. The summed E-state index contributed by atoms with van der Waals surface area (Å²) >= 11 is 0. The van der Waals surface area contributed by atoms with E-state index in [4.69, 9.17) is 9.47 Å². The largest absolute Gasteiger partial charge is 0.490 e. The van der Waals surface area contributed by atoms with Crippen molar-refractivity contribution >= 4 is 18.0 Å². The molecular formula is C30H32FN3O4. The second kappa shape index (κ2) is 14.3. The maximum atomic E-state index is 13.7. The number of ether oxygens (including phenoxy) is 2. The lowest BCUT2D eigenvalue weighted by Gasteiger charge is -2.17. The maximum Gasteiger partial charge on any atom is 0.254 e. The van der Waals surface area contributed by atoms with Crippen LogP contribution < -0.4 is 20.2 Å². The fraction of sp³-hybridized carbons (Fsp3) is 0.233. The van der Waals surface area contributed by atoms with Crippen molar-refractivity contribution in [3.63, 3.8) is 0 Å². The number of halogens is 1. The van der Waals surface area contributed by atoms with Gasteiger partial charge in [-0.2, -0.15) is 5.10 Å². The smallest absolute Gasteiger partial charge is 0.254 e. The van der Waals surface area contributed by atoms with E-state index in [0.717, 1.165) is 11.1 Å². The molecule has 2 amide bonds. The number of carbonyl (C=O) groups excluding carboxylic acids is 2. The first kappa shape index (κ1) is 28.1. The molecule has 0 heterocycles. The van der Waals surface area contributed by atoms with Crippen LogP contribution in [0.2, 0.25) is 0 Å². The molecule has 0 aliphatic carbocycles. The number of nitrogens with zero attached hydrogens (tertiary/aromatic N) is 1. The molecule has 0 unspecified atom stereocenters. The lowest BCUT2D eigenvalue weighted by atomic mass is 10.1. The summed E-state index contributed by atoms with van der Waals surface area (Å²) in [6.07, 6.45) is 3.82. The summed E-state index contributed by atoms with van der Waals surface area (Å²) in [7, 11) is 0. The van der Waals surface area contributed by atoms with Gasteiger partial charge in [0.25, 0.3) is 5.91 Å². The fourth-order valence-electron chi connectivity index (χ4n) is 3.60. The molecule has 0 spiro atoms. The van der Waals surface area contributed by atoms with Crippen LogP contribution in [0.1, 0.15) is 46.0 Å². The number of carbonyl (C=O) groups is 2. The molecule has 0 fully saturated rings. The predicted octanol–water partition coefficient (Wildman–Crippen LogP) is 5.11. The SMILES string of the molecule is C=CCc1cc(C=NNC(=O)CCNC(=O)c2ccccc2F)cc(OCC)c1OCc1ccc(C)cc1. The van der Waals surface area contributed by atoms with Crippen LogP contribution in [0.3, 0.4) is 0 Å². The number of nitrogens with one attached hydrogen (secondary N) is 2. The number of hydrazone groups is 1. The number of hydrogen-bond donors (Lipinski definition) is 2. The Bertz CT molecular complexity index is 1290. The van der Waals surface area contributed by atoms with Crippen molar-refractivity contribution in [3.05, 3.63) is 107 Å². The van der Waals surface area contributed by atoms with Crippen LogP contribution in [0.4, 0.5) is 4.39 Å². The van der Waals surface area contributed by atoms with Crippen molar-refractivity contribution < 1.29 is 23.5 Å². The third-order valence-electron chi connectivity index (χ3n) is 5.48. The normalized spacial score (nSPS) is 10.7. The molecule has 0 saturated heterocycles. The Kier molecular flexibility index (Phi) is 10.6. The molecule has 7 nitrogen and oxygen atoms in total.